The maximum atomic E-state index is 12.4. The van der Waals surface area contributed by atoms with Crippen molar-refractivity contribution in [2.75, 3.05) is 6.61 Å². The Hall–Kier alpha value is -2.90. The molecule has 1 aliphatic rings. The van der Waals surface area contributed by atoms with Gasteiger partial charge in [-0.3, -0.25) is 9.59 Å². The molecule has 0 aromatic heterocycles. The van der Waals surface area contributed by atoms with E-state index in [1.807, 2.05) is 13.0 Å². The number of hydroxylamine groups is 2. The van der Waals surface area contributed by atoms with Gasteiger partial charge in [-0.15, -0.1) is 5.06 Å². The zero-order valence-corrected chi connectivity index (χ0v) is 14.6. The fraction of sp³-hybridized carbons (Fsp3) is 0.444. The van der Waals surface area contributed by atoms with Crippen LogP contribution in [-0.4, -0.2) is 41.6 Å². The van der Waals surface area contributed by atoms with Gasteiger partial charge in [0.15, 0.2) is 0 Å². The Morgan fingerprint density at radius 3 is 2.42 bits per heavy atom. The summed E-state index contributed by atoms with van der Waals surface area (Å²) in [5.74, 6) is -2.05. The Morgan fingerprint density at radius 2 is 1.81 bits per heavy atom. The lowest BCUT2D eigenvalue weighted by molar-refractivity contribution is -0.198. The van der Waals surface area contributed by atoms with Crippen molar-refractivity contribution in [2.45, 2.75) is 45.1 Å². The van der Waals surface area contributed by atoms with Crippen LogP contribution in [-0.2, 0) is 30.4 Å². The van der Waals surface area contributed by atoms with Crippen LogP contribution in [0.1, 0.15) is 38.2 Å². The third-order valence-electron chi connectivity index (χ3n) is 3.78. The van der Waals surface area contributed by atoms with Crippen LogP contribution in [0.2, 0.25) is 0 Å². The molecule has 1 N–H and O–H groups in total. The summed E-state index contributed by atoms with van der Waals surface area (Å²) in [5.41, 5.74) is 0.780. The van der Waals surface area contributed by atoms with E-state index < -0.39 is 29.9 Å². The fourth-order valence-electron chi connectivity index (χ4n) is 2.35. The topological polar surface area (TPSA) is 102 Å². The van der Waals surface area contributed by atoms with Gasteiger partial charge < -0.3 is 14.9 Å². The molecule has 0 saturated carbocycles. The SMILES string of the molecule is CCCCOC(=O)N[C@@H](Cc1ccccc1)C(=O)ON1C(=O)CCC1=O. The molecule has 140 valence electrons. The van der Waals surface area contributed by atoms with Gasteiger partial charge in [-0.2, -0.15) is 0 Å². The number of amides is 3. The number of carbonyl (C=O) groups is 4. The number of rotatable bonds is 8. The largest absolute Gasteiger partial charge is 0.450 e. The zero-order chi connectivity index (χ0) is 18.9. The Kier molecular flexibility index (Phi) is 7.13. The second kappa shape index (κ2) is 9.55. The van der Waals surface area contributed by atoms with E-state index >= 15 is 0 Å². The number of hydrogen-bond acceptors (Lipinski definition) is 6. The molecule has 1 aromatic carbocycles. The molecule has 3 amide bonds. The van der Waals surface area contributed by atoms with Gasteiger partial charge in [0.2, 0.25) is 0 Å². The number of nitrogens with zero attached hydrogens (tertiary/aromatic N) is 1. The average Bonchev–Trinajstić information content (AvgIpc) is 2.94. The molecule has 26 heavy (non-hydrogen) atoms. The van der Waals surface area contributed by atoms with Crippen LogP contribution in [0.5, 0.6) is 0 Å². The molecule has 1 saturated heterocycles. The summed E-state index contributed by atoms with van der Waals surface area (Å²) in [6, 6.07) is 7.90. The molecule has 1 heterocycles. The number of alkyl carbamates (subject to hydrolysis) is 1. The summed E-state index contributed by atoms with van der Waals surface area (Å²) in [6.07, 6.45) is 0.957. The number of hydrogen-bond donors (Lipinski definition) is 1. The van der Waals surface area contributed by atoms with E-state index in [1.54, 1.807) is 24.3 Å². The van der Waals surface area contributed by atoms with E-state index in [2.05, 4.69) is 5.32 Å². The number of nitrogens with one attached hydrogen (secondary N) is 1. The normalized spacial score (nSPS) is 14.9. The summed E-state index contributed by atoms with van der Waals surface area (Å²) in [6.45, 7) is 2.19. The molecule has 8 nitrogen and oxygen atoms in total. The van der Waals surface area contributed by atoms with E-state index in [-0.39, 0.29) is 25.9 Å². The summed E-state index contributed by atoms with van der Waals surface area (Å²) in [5, 5.41) is 2.91. The number of imide groups is 1. The van der Waals surface area contributed by atoms with Crippen molar-refractivity contribution < 1.29 is 28.8 Å². The summed E-state index contributed by atoms with van der Waals surface area (Å²) < 4.78 is 5.01. The van der Waals surface area contributed by atoms with Gasteiger partial charge >= 0.3 is 12.1 Å². The molecule has 1 aromatic rings. The van der Waals surface area contributed by atoms with E-state index in [4.69, 9.17) is 9.57 Å². The third kappa shape index (κ3) is 5.58. The van der Waals surface area contributed by atoms with Crippen LogP contribution in [0.15, 0.2) is 30.3 Å². The average molecular weight is 362 g/mol. The Labute approximate surface area is 151 Å². The minimum absolute atomic E-state index is 0.00194. The highest BCUT2D eigenvalue weighted by Gasteiger charge is 2.35. The van der Waals surface area contributed by atoms with E-state index in [9.17, 15) is 19.2 Å². The van der Waals surface area contributed by atoms with E-state index in [0.29, 0.717) is 11.5 Å². The first-order valence-corrected chi connectivity index (χ1v) is 8.56. The van der Waals surface area contributed by atoms with Crippen molar-refractivity contribution in [2.24, 2.45) is 0 Å². The van der Waals surface area contributed by atoms with Gasteiger partial charge in [0, 0.05) is 19.3 Å². The smallest absolute Gasteiger partial charge is 0.407 e. The molecule has 0 aliphatic carbocycles. The molecular formula is C18H22N2O6. The van der Waals surface area contributed by atoms with E-state index in [0.717, 1.165) is 12.0 Å². The second-order valence-electron chi connectivity index (χ2n) is 5.87. The van der Waals surface area contributed by atoms with Crippen LogP contribution < -0.4 is 5.32 Å². The third-order valence-corrected chi connectivity index (χ3v) is 3.78. The van der Waals surface area contributed by atoms with Crippen molar-refractivity contribution in [1.82, 2.24) is 10.4 Å². The number of unbranched alkanes of at least 4 members (excludes halogenated alkanes) is 1. The first kappa shape index (κ1) is 19.4. The zero-order valence-electron chi connectivity index (χ0n) is 14.6. The fourth-order valence-corrected chi connectivity index (χ4v) is 2.35. The summed E-state index contributed by atoms with van der Waals surface area (Å²) in [4.78, 5) is 52.5. The predicted molar refractivity (Wildman–Crippen MR) is 90.5 cm³/mol. The summed E-state index contributed by atoms with van der Waals surface area (Å²) in [7, 11) is 0. The van der Waals surface area contributed by atoms with Crippen LogP contribution in [0.25, 0.3) is 0 Å². The van der Waals surface area contributed by atoms with E-state index in [1.165, 1.54) is 0 Å². The van der Waals surface area contributed by atoms with Gasteiger partial charge in [0.1, 0.15) is 6.04 Å². The molecule has 1 fully saturated rings. The summed E-state index contributed by atoms with van der Waals surface area (Å²) >= 11 is 0. The molecular weight excluding hydrogens is 340 g/mol. The van der Waals surface area contributed by atoms with Crippen molar-refractivity contribution in [3.63, 3.8) is 0 Å². The quantitative estimate of drug-likeness (QED) is 0.558. The lowest BCUT2D eigenvalue weighted by Crippen LogP contribution is -2.46. The van der Waals surface area contributed by atoms with Crippen molar-refractivity contribution in [3.8, 4) is 0 Å². The first-order valence-electron chi connectivity index (χ1n) is 8.56. The van der Waals surface area contributed by atoms with Crippen LogP contribution in [0.4, 0.5) is 4.79 Å². The minimum Gasteiger partial charge on any atom is -0.450 e. The number of carbonyl (C=O) groups excluding carboxylic acids is 4. The van der Waals surface area contributed by atoms with Gasteiger partial charge in [-0.1, -0.05) is 43.7 Å². The van der Waals surface area contributed by atoms with Crippen LogP contribution >= 0.6 is 0 Å². The van der Waals surface area contributed by atoms with Gasteiger partial charge in [0.25, 0.3) is 11.8 Å². The number of ether oxygens (including phenoxy) is 1. The van der Waals surface area contributed by atoms with Gasteiger partial charge in [0.05, 0.1) is 6.61 Å². The second-order valence-corrected chi connectivity index (χ2v) is 5.87. The van der Waals surface area contributed by atoms with Crippen LogP contribution in [0, 0.1) is 0 Å². The molecule has 0 bridgehead atoms. The van der Waals surface area contributed by atoms with Gasteiger partial charge in [-0.25, -0.2) is 9.59 Å². The standard InChI is InChI=1S/C18H22N2O6/c1-2-3-11-25-18(24)19-14(12-13-7-5-4-6-8-13)17(23)26-20-15(21)9-10-16(20)22/h4-8,14H,2-3,9-12H2,1H3,(H,19,24)/t14-/m0/s1. The molecule has 2 rings (SSSR count). The molecule has 1 atom stereocenters. The van der Waals surface area contributed by atoms with Crippen molar-refractivity contribution >= 4 is 23.9 Å². The first-order chi connectivity index (χ1) is 12.5. The molecule has 0 radical (unpaired) electrons. The molecule has 0 spiro atoms. The lowest BCUT2D eigenvalue weighted by Gasteiger charge is -2.20. The molecule has 0 unspecified atom stereocenters. The van der Waals surface area contributed by atoms with Crippen LogP contribution in [0.3, 0.4) is 0 Å². The molecule has 8 heteroatoms. The maximum Gasteiger partial charge on any atom is 0.407 e. The number of benzene rings is 1. The monoisotopic (exact) mass is 362 g/mol. The minimum atomic E-state index is -1.09. The highest BCUT2D eigenvalue weighted by molar-refractivity contribution is 6.01. The van der Waals surface area contributed by atoms with Crippen molar-refractivity contribution in [3.05, 3.63) is 35.9 Å². The predicted octanol–water partition coefficient (Wildman–Crippen LogP) is 1.73. The lowest BCUT2D eigenvalue weighted by atomic mass is 10.1. The van der Waals surface area contributed by atoms with Crippen molar-refractivity contribution in [1.29, 1.82) is 0 Å². The maximum absolute atomic E-state index is 12.4. The Morgan fingerprint density at radius 1 is 1.15 bits per heavy atom. The Balaban J connectivity index is 2.03. The highest BCUT2D eigenvalue weighted by atomic mass is 16.7. The Bertz CT molecular complexity index is 645. The highest BCUT2D eigenvalue weighted by Crippen LogP contribution is 2.14. The van der Waals surface area contributed by atoms with Gasteiger partial charge in [-0.05, 0) is 12.0 Å². The molecule has 1 aliphatic heterocycles.